The van der Waals surface area contributed by atoms with Crippen LogP contribution in [0.1, 0.15) is 35.3 Å². The molecule has 1 amide bonds. The average Bonchev–Trinajstić information content (AvgIpc) is 3.52. The Morgan fingerprint density at radius 2 is 2.00 bits per heavy atom. The zero-order chi connectivity index (χ0) is 24.1. The molecule has 1 N–H and O–H groups in total. The normalized spacial score (nSPS) is 22.5. The van der Waals surface area contributed by atoms with Crippen molar-refractivity contribution in [3.8, 4) is 0 Å². The number of hydrogen-bond acceptors (Lipinski definition) is 6. The van der Waals surface area contributed by atoms with E-state index in [1.165, 1.54) is 23.5 Å². The molecule has 1 aromatic heterocycles. The third-order valence-corrected chi connectivity index (χ3v) is 7.66. The monoisotopic (exact) mass is 495 g/mol. The van der Waals surface area contributed by atoms with Crippen molar-refractivity contribution >= 4 is 22.4 Å². The molecule has 0 radical (unpaired) electrons. The highest BCUT2D eigenvalue weighted by Crippen LogP contribution is 2.38. The lowest BCUT2D eigenvalue weighted by Crippen LogP contribution is -2.57. The van der Waals surface area contributed by atoms with Gasteiger partial charge in [-0.25, -0.2) is 9.37 Å². The maximum atomic E-state index is 13.1. The number of nitrogens with one attached hydrogen (secondary N) is 1. The zero-order valence-corrected chi connectivity index (χ0v) is 20.4. The molecule has 3 aromatic rings. The van der Waals surface area contributed by atoms with Gasteiger partial charge in [0.15, 0.2) is 5.13 Å². The minimum atomic E-state index is -0.248. The van der Waals surface area contributed by atoms with Crippen molar-refractivity contribution < 1.29 is 18.7 Å². The molecular weight excluding hydrogens is 465 g/mol. The van der Waals surface area contributed by atoms with Crippen LogP contribution in [0, 0.1) is 5.82 Å². The van der Waals surface area contributed by atoms with E-state index in [1.54, 1.807) is 18.3 Å². The quantitative estimate of drug-likeness (QED) is 0.493. The largest absolute Gasteiger partial charge is 0.372 e. The van der Waals surface area contributed by atoms with Gasteiger partial charge in [0.1, 0.15) is 5.82 Å². The van der Waals surface area contributed by atoms with Crippen LogP contribution < -0.4 is 5.32 Å². The highest BCUT2D eigenvalue weighted by atomic mass is 32.1. The first kappa shape index (κ1) is 24.1. The second-order valence-corrected chi connectivity index (χ2v) is 10.4. The van der Waals surface area contributed by atoms with Crippen LogP contribution in [-0.2, 0) is 27.3 Å². The van der Waals surface area contributed by atoms with Crippen LogP contribution in [0.25, 0.3) is 0 Å². The smallest absolute Gasteiger partial charge is 0.240 e. The van der Waals surface area contributed by atoms with Crippen LogP contribution in [-0.4, -0.2) is 53.7 Å². The molecule has 0 saturated carbocycles. The minimum Gasteiger partial charge on any atom is -0.372 e. The molecule has 184 valence electrons. The first-order valence-electron chi connectivity index (χ1n) is 12.1. The Balaban J connectivity index is 1.15. The number of carbonyl (C=O) groups is 1. The van der Waals surface area contributed by atoms with Gasteiger partial charge in [0.2, 0.25) is 5.91 Å². The third kappa shape index (κ3) is 6.13. The third-order valence-electron chi connectivity index (χ3n) is 6.75. The summed E-state index contributed by atoms with van der Waals surface area (Å²) in [5.41, 5.74) is 1.90. The fourth-order valence-electron chi connectivity index (χ4n) is 4.90. The Hall–Kier alpha value is -2.65. The lowest BCUT2D eigenvalue weighted by molar-refractivity contribution is -0.159. The van der Waals surface area contributed by atoms with E-state index >= 15 is 0 Å². The van der Waals surface area contributed by atoms with Crippen LogP contribution in [0.5, 0.6) is 0 Å². The first-order valence-corrected chi connectivity index (χ1v) is 12.9. The molecule has 2 aliphatic heterocycles. The Kier molecular flexibility index (Phi) is 7.53. The van der Waals surface area contributed by atoms with Crippen LogP contribution >= 0.6 is 11.3 Å². The number of thiazole rings is 1. The number of benzene rings is 2. The van der Waals surface area contributed by atoms with Gasteiger partial charge in [0.25, 0.3) is 0 Å². The molecule has 2 fully saturated rings. The second-order valence-electron chi connectivity index (χ2n) is 9.27. The summed E-state index contributed by atoms with van der Waals surface area (Å²) in [5.74, 6) is -0.334. The molecule has 6 nitrogen and oxygen atoms in total. The highest BCUT2D eigenvalue weighted by molar-refractivity contribution is 7.15. The molecule has 8 heteroatoms. The van der Waals surface area contributed by atoms with Crippen molar-refractivity contribution in [2.75, 3.05) is 31.6 Å². The van der Waals surface area contributed by atoms with Crippen molar-refractivity contribution in [2.45, 2.75) is 44.0 Å². The van der Waals surface area contributed by atoms with E-state index < -0.39 is 0 Å². The molecule has 0 aliphatic carbocycles. The lowest BCUT2D eigenvalue weighted by atomic mass is 9.85. The summed E-state index contributed by atoms with van der Waals surface area (Å²) in [6.07, 6.45) is 5.26. The summed E-state index contributed by atoms with van der Waals surface area (Å²) in [6.45, 7) is 3.05. The second kappa shape index (κ2) is 11.0. The van der Waals surface area contributed by atoms with Gasteiger partial charge < -0.3 is 14.8 Å². The van der Waals surface area contributed by atoms with Gasteiger partial charge in [-0.3, -0.25) is 9.69 Å². The summed E-state index contributed by atoms with van der Waals surface area (Å²) in [6, 6.07) is 16.6. The minimum absolute atomic E-state index is 0.0751. The molecule has 0 bridgehead atoms. The predicted molar refractivity (Wildman–Crippen MR) is 134 cm³/mol. The Labute approximate surface area is 209 Å². The van der Waals surface area contributed by atoms with E-state index in [9.17, 15) is 9.18 Å². The fraction of sp³-hybridized carbons (Fsp3) is 0.407. The number of carbonyl (C=O) groups excluding carboxylic acids is 1. The number of anilines is 1. The number of likely N-dealkylation sites (tertiary alicyclic amines) is 1. The Morgan fingerprint density at radius 1 is 1.17 bits per heavy atom. The van der Waals surface area contributed by atoms with Crippen molar-refractivity contribution in [1.82, 2.24) is 9.88 Å². The van der Waals surface area contributed by atoms with Gasteiger partial charge in [-0.1, -0.05) is 42.5 Å². The number of ether oxygens (including phenoxy) is 2. The average molecular weight is 496 g/mol. The van der Waals surface area contributed by atoms with E-state index in [0.29, 0.717) is 24.7 Å². The van der Waals surface area contributed by atoms with Crippen molar-refractivity contribution in [2.24, 2.45) is 0 Å². The molecule has 0 unspecified atom stereocenters. The molecule has 2 aliphatic rings. The Bertz CT molecular complexity index is 1120. The Morgan fingerprint density at radius 3 is 2.77 bits per heavy atom. The zero-order valence-electron chi connectivity index (χ0n) is 19.6. The number of hydrogen-bond donors (Lipinski definition) is 1. The highest BCUT2D eigenvalue weighted by Gasteiger charge is 2.47. The lowest BCUT2D eigenvalue weighted by Gasteiger charge is -2.44. The van der Waals surface area contributed by atoms with Crippen LogP contribution in [0.15, 0.2) is 60.8 Å². The molecule has 2 saturated heterocycles. The maximum Gasteiger partial charge on any atom is 0.240 e. The van der Waals surface area contributed by atoms with Gasteiger partial charge in [-0.2, -0.15) is 0 Å². The molecular formula is C27H30FN3O3S. The molecule has 2 aromatic carbocycles. The number of rotatable bonds is 8. The molecule has 1 spiro atoms. The predicted octanol–water partition coefficient (Wildman–Crippen LogP) is 4.65. The van der Waals surface area contributed by atoms with Crippen molar-refractivity contribution in [1.29, 1.82) is 0 Å². The van der Waals surface area contributed by atoms with E-state index in [1.807, 2.05) is 18.2 Å². The fourth-order valence-corrected chi connectivity index (χ4v) is 5.77. The molecule has 5 rings (SSSR count). The van der Waals surface area contributed by atoms with Crippen LogP contribution in [0.4, 0.5) is 9.52 Å². The molecule has 3 heterocycles. The van der Waals surface area contributed by atoms with E-state index in [2.05, 4.69) is 27.3 Å². The maximum absolute atomic E-state index is 13.1. The van der Waals surface area contributed by atoms with Gasteiger partial charge in [-0.15, -0.1) is 11.3 Å². The first-order chi connectivity index (χ1) is 17.1. The van der Waals surface area contributed by atoms with Crippen molar-refractivity contribution in [3.63, 3.8) is 0 Å². The summed E-state index contributed by atoms with van der Waals surface area (Å²) >= 11 is 1.44. The summed E-state index contributed by atoms with van der Waals surface area (Å²) in [7, 11) is 0. The van der Waals surface area contributed by atoms with Gasteiger partial charge in [0.05, 0.1) is 24.9 Å². The van der Waals surface area contributed by atoms with E-state index in [4.69, 9.17) is 9.47 Å². The number of amides is 1. The topological polar surface area (TPSA) is 63.7 Å². The summed E-state index contributed by atoms with van der Waals surface area (Å²) in [4.78, 5) is 20.3. The number of nitrogens with zero attached hydrogens (tertiary/aromatic N) is 2. The number of aromatic nitrogens is 1. The number of piperidine rings is 1. The van der Waals surface area contributed by atoms with Gasteiger partial charge in [0, 0.05) is 37.2 Å². The van der Waals surface area contributed by atoms with Crippen molar-refractivity contribution in [3.05, 3.63) is 82.6 Å². The molecule has 2 atom stereocenters. The van der Waals surface area contributed by atoms with E-state index in [-0.39, 0.29) is 30.0 Å². The molecule has 35 heavy (non-hydrogen) atoms. The van der Waals surface area contributed by atoms with Gasteiger partial charge in [-0.05, 0) is 42.5 Å². The van der Waals surface area contributed by atoms with Crippen LogP contribution in [0.2, 0.25) is 0 Å². The van der Waals surface area contributed by atoms with Gasteiger partial charge >= 0.3 is 0 Å². The SMILES string of the molecule is O=C(CN1CC[C@]2(CCCO2)[C@@H](OCc2ccccc2)C1)Nc1ncc(Cc2ccc(F)cc2)s1. The standard InChI is InChI=1S/C27H30FN3O3S/c28-22-9-7-20(8-10-22)15-23-16-29-26(35-23)30-25(32)18-31-13-12-27(11-4-14-34-27)24(17-31)33-19-21-5-2-1-3-6-21/h1-3,5-10,16,24H,4,11-15,17-19H2,(H,29,30,32)/t24-,27+/m0/s1. The summed E-state index contributed by atoms with van der Waals surface area (Å²) in [5, 5.41) is 3.51. The summed E-state index contributed by atoms with van der Waals surface area (Å²) < 4.78 is 25.7. The number of halogens is 1. The van der Waals surface area contributed by atoms with Crippen LogP contribution in [0.3, 0.4) is 0 Å². The van der Waals surface area contributed by atoms with E-state index in [0.717, 1.165) is 48.4 Å².